The average Bonchev–Trinajstić information content (AvgIpc) is 2.37. The molecule has 0 radical (unpaired) electrons. The van der Waals surface area contributed by atoms with Crippen LogP contribution in [0.1, 0.15) is 47.1 Å². The molecule has 1 aromatic rings. The van der Waals surface area contributed by atoms with E-state index < -0.39 is 6.04 Å². The minimum Gasteiger partial charge on any atom is -0.351 e. The van der Waals surface area contributed by atoms with Crippen molar-refractivity contribution >= 4 is 5.91 Å². The average molecular weight is 276 g/mol. The molecule has 20 heavy (non-hydrogen) atoms. The number of amides is 1. The predicted octanol–water partition coefficient (Wildman–Crippen LogP) is 2.84. The van der Waals surface area contributed by atoms with Gasteiger partial charge in [-0.1, -0.05) is 65.0 Å². The fourth-order valence-electron chi connectivity index (χ4n) is 1.99. The highest BCUT2D eigenvalue weighted by Gasteiger charge is 2.33. The van der Waals surface area contributed by atoms with Crippen molar-refractivity contribution in [2.75, 3.05) is 0 Å². The highest BCUT2D eigenvalue weighted by atomic mass is 16.2. The van der Waals surface area contributed by atoms with Crippen molar-refractivity contribution in [3.8, 4) is 0 Å². The van der Waals surface area contributed by atoms with Gasteiger partial charge in [0.2, 0.25) is 5.91 Å². The van der Waals surface area contributed by atoms with Crippen molar-refractivity contribution in [2.24, 2.45) is 11.1 Å². The fourth-order valence-corrected chi connectivity index (χ4v) is 1.99. The van der Waals surface area contributed by atoms with Crippen molar-refractivity contribution < 1.29 is 4.79 Å². The largest absolute Gasteiger partial charge is 0.351 e. The van der Waals surface area contributed by atoms with E-state index in [9.17, 15) is 4.79 Å². The van der Waals surface area contributed by atoms with E-state index in [0.29, 0.717) is 0 Å². The van der Waals surface area contributed by atoms with E-state index in [0.717, 1.165) is 0 Å². The SMILES string of the molecule is CC(NC(=O)[C@@H](N)C(C)(C)C)C(C)(C)c1ccccc1. The van der Waals surface area contributed by atoms with Gasteiger partial charge >= 0.3 is 0 Å². The van der Waals surface area contributed by atoms with Crippen LogP contribution in [0.15, 0.2) is 30.3 Å². The molecule has 3 N–H and O–H groups in total. The highest BCUT2D eigenvalue weighted by molar-refractivity contribution is 5.82. The molecule has 0 aliphatic heterocycles. The number of hydrogen-bond donors (Lipinski definition) is 2. The first-order chi connectivity index (χ1) is 9.06. The number of nitrogens with two attached hydrogens (primary N) is 1. The summed E-state index contributed by atoms with van der Waals surface area (Å²) in [7, 11) is 0. The molecule has 0 aromatic heterocycles. The number of carbonyl (C=O) groups excluding carboxylic acids is 1. The van der Waals surface area contributed by atoms with Gasteiger partial charge in [0.15, 0.2) is 0 Å². The molecule has 3 heteroatoms. The zero-order chi connectivity index (χ0) is 15.6. The van der Waals surface area contributed by atoms with Gasteiger partial charge in [-0.3, -0.25) is 4.79 Å². The van der Waals surface area contributed by atoms with Crippen molar-refractivity contribution in [2.45, 2.75) is 59.0 Å². The summed E-state index contributed by atoms with van der Waals surface area (Å²) < 4.78 is 0. The van der Waals surface area contributed by atoms with Gasteiger partial charge in [0.25, 0.3) is 0 Å². The first-order valence-corrected chi connectivity index (χ1v) is 7.18. The number of carbonyl (C=O) groups is 1. The predicted molar refractivity (Wildman–Crippen MR) is 84.5 cm³/mol. The Morgan fingerprint density at radius 1 is 1.10 bits per heavy atom. The maximum Gasteiger partial charge on any atom is 0.237 e. The third kappa shape index (κ3) is 3.83. The molecule has 3 nitrogen and oxygen atoms in total. The Balaban J connectivity index is 2.81. The Kier molecular flexibility index (Phi) is 4.98. The monoisotopic (exact) mass is 276 g/mol. The fraction of sp³-hybridized carbons (Fsp3) is 0.588. The number of benzene rings is 1. The molecule has 0 saturated carbocycles. The lowest BCUT2D eigenvalue weighted by atomic mass is 9.78. The van der Waals surface area contributed by atoms with E-state index >= 15 is 0 Å². The molecule has 2 atom stereocenters. The zero-order valence-corrected chi connectivity index (χ0v) is 13.5. The van der Waals surface area contributed by atoms with Crippen LogP contribution in [0.25, 0.3) is 0 Å². The molecule has 112 valence electrons. The summed E-state index contributed by atoms with van der Waals surface area (Å²) in [5.41, 5.74) is 6.84. The second-order valence-corrected chi connectivity index (χ2v) is 7.16. The molecule has 1 unspecified atom stereocenters. The van der Waals surface area contributed by atoms with E-state index in [1.54, 1.807) is 0 Å². The highest BCUT2D eigenvalue weighted by Crippen LogP contribution is 2.27. The van der Waals surface area contributed by atoms with Crippen molar-refractivity contribution in [3.63, 3.8) is 0 Å². The first-order valence-electron chi connectivity index (χ1n) is 7.18. The van der Waals surface area contributed by atoms with Crippen molar-refractivity contribution in [1.29, 1.82) is 0 Å². The molecule has 0 aliphatic carbocycles. The minimum atomic E-state index is -0.503. The summed E-state index contributed by atoms with van der Waals surface area (Å²) in [4.78, 5) is 12.2. The number of rotatable bonds is 4. The lowest BCUT2D eigenvalue weighted by Gasteiger charge is -2.35. The van der Waals surface area contributed by atoms with Gasteiger partial charge in [0, 0.05) is 11.5 Å². The molecule has 0 heterocycles. The van der Waals surface area contributed by atoms with E-state index in [1.807, 2.05) is 45.9 Å². The van der Waals surface area contributed by atoms with Gasteiger partial charge in [0.1, 0.15) is 0 Å². The molecular weight excluding hydrogens is 248 g/mol. The number of nitrogens with one attached hydrogen (secondary N) is 1. The zero-order valence-electron chi connectivity index (χ0n) is 13.5. The van der Waals surface area contributed by atoms with Crippen molar-refractivity contribution in [1.82, 2.24) is 5.32 Å². The van der Waals surface area contributed by atoms with E-state index in [2.05, 4.69) is 31.3 Å². The molecule has 1 rings (SSSR count). The Hall–Kier alpha value is -1.35. The summed E-state index contributed by atoms with van der Waals surface area (Å²) in [6.45, 7) is 12.2. The van der Waals surface area contributed by atoms with Gasteiger partial charge in [-0.25, -0.2) is 0 Å². The van der Waals surface area contributed by atoms with Crippen LogP contribution in [0, 0.1) is 5.41 Å². The topological polar surface area (TPSA) is 55.1 Å². The molecule has 1 amide bonds. The van der Waals surface area contributed by atoms with E-state index in [4.69, 9.17) is 5.73 Å². The maximum absolute atomic E-state index is 12.2. The summed E-state index contributed by atoms with van der Waals surface area (Å²) in [5.74, 6) is -0.0889. The second-order valence-electron chi connectivity index (χ2n) is 7.16. The minimum absolute atomic E-state index is 0.00537. The van der Waals surface area contributed by atoms with Crippen LogP contribution in [-0.4, -0.2) is 18.0 Å². The third-order valence-corrected chi connectivity index (χ3v) is 4.17. The Morgan fingerprint density at radius 2 is 1.60 bits per heavy atom. The van der Waals surface area contributed by atoms with Gasteiger partial charge in [0.05, 0.1) is 6.04 Å². The summed E-state index contributed by atoms with van der Waals surface area (Å²) >= 11 is 0. The quantitative estimate of drug-likeness (QED) is 0.888. The lowest BCUT2D eigenvalue weighted by molar-refractivity contribution is -0.125. The van der Waals surface area contributed by atoms with Crippen LogP contribution >= 0.6 is 0 Å². The normalized spacial score (nSPS) is 15.6. The first kappa shape index (κ1) is 16.7. The summed E-state index contributed by atoms with van der Waals surface area (Å²) in [5, 5.41) is 3.06. The molecular formula is C17H28N2O. The van der Waals surface area contributed by atoms with E-state index in [1.165, 1.54) is 5.56 Å². The van der Waals surface area contributed by atoms with Crippen LogP contribution in [0.3, 0.4) is 0 Å². The smallest absolute Gasteiger partial charge is 0.237 e. The molecule has 0 aliphatic rings. The summed E-state index contributed by atoms with van der Waals surface area (Å²) in [6, 6.07) is 9.72. The lowest BCUT2D eigenvalue weighted by Crippen LogP contribution is -2.54. The molecule has 1 aromatic carbocycles. The molecule has 0 saturated heterocycles. The number of hydrogen-bond acceptors (Lipinski definition) is 2. The van der Waals surface area contributed by atoms with Gasteiger partial charge < -0.3 is 11.1 Å². The molecule has 0 fully saturated rings. The maximum atomic E-state index is 12.2. The third-order valence-electron chi connectivity index (χ3n) is 4.17. The van der Waals surface area contributed by atoms with Gasteiger partial charge in [-0.2, -0.15) is 0 Å². The van der Waals surface area contributed by atoms with Gasteiger partial charge in [-0.05, 0) is 17.9 Å². The van der Waals surface area contributed by atoms with Crippen LogP contribution in [-0.2, 0) is 10.2 Å². The van der Waals surface area contributed by atoms with E-state index in [-0.39, 0.29) is 22.8 Å². The van der Waals surface area contributed by atoms with Gasteiger partial charge in [-0.15, -0.1) is 0 Å². The Bertz CT molecular complexity index is 446. The van der Waals surface area contributed by atoms with Crippen LogP contribution < -0.4 is 11.1 Å². The Labute approximate surface area is 122 Å². The second kappa shape index (κ2) is 5.96. The molecule has 0 spiro atoms. The Morgan fingerprint density at radius 3 is 2.05 bits per heavy atom. The summed E-state index contributed by atoms with van der Waals surface area (Å²) in [6.07, 6.45) is 0. The van der Waals surface area contributed by atoms with Crippen molar-refractivity contribution in [3.05, 3.63) is 35.9 Å². The van der Waals surface area contributed by atoms with Crippen LogP contribution in [0.4, 0.5) is 0 Å². The van der Waals surface area contributed by atoms with Crippen LogP contribution in [0.2, 0.25) is 0 Å². The standard InChI is InChI=1S/C17H28N2O/c1-12(19-15(20)14(18)16(2,3)4)17(5,6)13-10-8-7-9-11-13/h7-12,14H,18H2,1-6H3,(H,19,20)/t12?,14-/m1/s1. The molecule has 0 bridgehead atoms. The van der Waals surface area contributed by atoms with Crippen LogP contribution in [0.5, 0.6) is 0 Å².